The molecule has 0 aliphatic carbocycles. The van der Waals surface area contributed by atoms with Crippen LogP contribution in [0.4, 0.5) is 0 Å². The first-order chi connectivity index (χ1) is 14.5. The predicted octanol–water partition coefficient (Wildman–Crippen LogP) is 3.30. The zero-order valence-electron chi connectivity index (χ0n) is 17.7. The smallest absolute Gasteiger partial charge is 0.231 e. The molecule has 2 aromatic rings. The second-order valence-corrected chi connectivity index (χ2v) is 7.13. The van der Waals surface area contributed by atoms with Gasteiger partial charge in [0.25, 0.3) is 0 Å². The topological polar surface area (TPSA) is 81.0 Å². The molecule has 0 saturated heterocycles. The number of para-hydroxylation sites is 1. The Balaban J connectivity index is 1.96. The van der Waals surface area contributed by atoms with Crippen LogP contribution in [0.5, 0.6) is 23.0 Å². The van der Waals surface area contributed by atoms with Gasteiger partial charge in [0.2, 0.25) is 12.7 Å². The van der Waals surface area contributed by atoms with Crippen molar-refractivity contribution in [1.82, 2.24) is 4.90 Å². The second kappa shape index (κ2) is 9.40. The average Bonchev–Trinajstić information content (AvgIpc) is 3.22. The zero-order valence-corrected chi connectivity index (χ0v) is 17.7. The van der Waals surface area contributed by atoms with E-state index in [0.717, 1.165) is 16.7 Å². The molecular formula is C23H26N2O5. The number of hydrogen-bond acceptors (Lipinski definition) is 6. The van der Waals surface area contributed by atoms with Crippen LogP contribution in [0.1, 0.15) is 29.5 Å². The Kier molecular flexibility index (Phi) is 6.68. The van der Waals surface area contributed by atoms with Gasteiger partial charge in [-0.05, 0) is 47.7 Å². The van der Waals surface area contributed by atoms with Gasteiger partial charge in [-0.25, -0.2) is 0 Å². The van der Waals surface area contributed by atoms with Crippen LogP contribution >= 0.6 is 0 Å². The fraction of sp³-hybridized carbons (Fsp3) is 0.391. The minimum absolute atomic E-state index is 0.00440. The summed E-state index contributed by atoms with van der Waals surface area (Å²) < 4.78 is 22.0. The van der Waals surface area contributed by atoms with Crippen LogP contribution in [0.2, 0.25) is 0 Å². The maximum atomic E-state index is 11.6. The summed E-state index contributed by atoms with van der Waals surface area (Å²) >= 11 is 0. The number of carbonyl (C=O) groups excluding carboxylic acids is 1. The summed E-state index contributed by atoms with van der Waals surface area (Å²) in [4.78, 5) is 13.3. The SMILES string of the molecule is COc1cccc(CC(C#N)c2cc3c(cc2CCN(C)C(C)=O)OCO3)c1OC. The van der Waals surface area contributed by atoms with Crippen molar-refractivity contribution in [2.24, 2.45) is 0 Å². The van der Waals surface area contributed by atoms with E-state index in [4.69, 9.17) is 18.9 Å². The molecule has 1 aliphatic rings. The van der Waals surface area contributed by atoms with E-state index in [1.165, 1.54) is 6.92 Å². The number of nitrogens with zero attached hydrogens (tertiary/aromatic N) is 2. The van der Waals surface area contributed by atoms with E-state index in [2.05, 4.69) is 6.07 Å². The van der Waals surface area contributed by atoms with Gasteiger partial charge in [0.15, 0.2) is 23.0 Å². The van der Waals surface area contributed by atoms with Crippen LogP contribution in [0, 0.1) is 11.3 Å². The summed E-state index contributed by atoms with van der Waals surface area (Å²) in [6, 6.07) is 11.9. The van der Waals surface area contributed by atoms with Crippen LogP contribution in [0.3, 0.4) is 0 Å². The van der Waals surface area contributed by atoms with Gasteiger partial charge in [-0.15, -0.1) is 0 Å². The highest BCUT2D eigenvalue weighted by Gasteiger charge is 2.24. The van der Waals surface area contributed by atoms with E-state index in [9.17, 15) is 10.1 Å². The van der Waals surface area contributed by atoms with Crippen molar-refractivity contribution in [2.45, 2.75) is 25.7 Å². The summed E-state index contributed by atoms with van der Waals surface area (Å²) in [5, 5.41) is 10.0. The third kappa shape index (κ3) is 4.43. The highest BCUT2D eigenvalue weighted by Crippen LogP contribution is 2.40. The number of fused-ring (bicyclic) bond motifs is 1. The lowest BCUT2D eigenvalue weighted by atomic mass is 9.88. The van der Waals surface area contributed by atoms with Crippen molar-refractivity contribution in [3.05, 3.63) is 47.0 Å². The Morgan fingerprint density at radius 3 is 2.57 bits per heavy atom. The number of hydrogen-bond donors (Lipinski definition) is 0. The number of likely N-dealkylation sites (N-methyl/N-ethyl adjacent to an activating group) is 1. The lowest BCUT2D eigenvalue weighted by Gasteiger charge is -2.20. The Morgan fingerprint density at radius 2 is 1.93 bits per heavy atom. The van der Waals surface area contributed by atoms with Crippen LogP contribution in [-0.4, -0.2) is 45.4 Å². The quantitative estimate of drug-likeness (QED) is 0.664. The minimum Gasteiger partial charge on any atom is -0.493 e. The monoisotopic (exact) mass is 410 g/mol. The second-order valence-electron chi connectivity index (χ2n) is 7.13. The van der Waals surface area contributed by atoms with Gasteiger partial charge in [-0.1, -0.05) is 12.1 Å². The van der Waals surface area contributed by atoms with Crippen LogP contribution < -0.4 is 18.9 Å². The number of methoxy groups -OCH3 is 2. The Hall–Kier alpha value is -3.40. The molecule has 7 heteroatoms. The fourth-order valence-electron chi connectivity index (χ4n) is 3.55. The highest BCUT2D eigenvalue weighted by atomic mass is 16.7. The lowest BCUT2D eigenvalue weighted by molar-refractivity contribution is -0.127. The van der Waals surface area contributed by atoms with Crippen LogP contribution in [0.15, 0.2) is 30.3 Å². The molecule has 0 aromatic heterocycles. The average molecular weight is 410 g/mol. The highest BCUT2D eigenvalue weighted by molar-refractivity contribution is 5.72. The Labute approximate surface area is 176 Å². The molecule has 1 heterocycles. The third-order valence-corrected chi connectivity index (χ3v) is 5.33. The van der Waals surface area contributed by atoms with Gasteiger partial charge < -0.3 is 23.8 Å². The van der Waals surface area contributed by atoms with Crippen molar-refractivity contribution >= 4 is 5.91 Å². The molecule has 0 radical (unpaired) electrons. The van der Waals surface area contributed by atoms with Gasteiger partial charge >= 0.3 is 0 Å². The van der Waals surface area contributed by atoms with Gasteiger partial charge in [0, 0.05) is 20.5 Å². The molecule has 1 atom stereocenters. The van der Waals surface area contributed by atoms with Crippen molar-refractivity contribution in [3.63, 3.8) is 0 Å². The molecule has 0 spiro atoms. The van der Waals surface area contributed by atoms with Crippen molar-refractivity contribution in [1.29, 1.82) is 5.26 Å². The van der Waals surface area contributed by atoms with E-state index < -0.39 is 5.92 Å². The van der Waals surface area contributed by atoms with Gasteiger partial charge in [0.05, 0.1) is 26.2 Å². The Bertz CT molecular complexity index is 967. The maximum Gasteiger partial charge on any atom is 0.231 e. The maximum absolute atomic E-state index is 11.6. The normalized spacial score (nSPS) is 12.8. The zero-order chi connectivity index (χ0) is 21.7. The first kappa shape index (κ1) is 21.3. The lowest BCUT2D eigenvalue weighted by Crippen LogP contribution is -2.26. The minimum atomic E-state index is -0.432. The molecule has 7 nitrogen and oxygen atoms in total. The first-order valence-corrected chi connectivity index (χ1v) is 9.72. The number of benzene rings is 2. The van der Waals surface area contributed by atoms with E-state index in [0.29, 0.717) is 42.4 Å². The summed E-state index contributed by atoms with van der Waals surface area (Å²) in [5.41, 5.74) is 2.71. The molecule has 0 fully saturated rings. The number of carbonyl (C=O) groups is 1. The first-order valence-electron chi connectivity index (χ1n) is 9.72. The van der Waals surface area contributed by atoms with E-state index >= 15 is 0 Å². The van der Waals surface area contributed by atoms with E-state index in [1.54, 1.807) is 26.2 Å². The molecule has 1 unspecified atom stereocenters. The molecule has 0 bridgehead atoms. The Morgan fingerprint density at radius 1 is 1.20 bits per heavy atom. The van der Waals surface area contributed by atoms with Crippen molar-refractivity contribution in [2.75, 3.05) is 34.6 Å². The largest absolute Gasteiger partial charge is 0.493 e. The van der Waals surface area contributed by atoms with Crippen molar-refractivity contribution < 1.29 is 23.7 Å². The van der Waals surface area contributed by atoms with Gasteiger partial charge in [0.1, 0.15) is 0 Å². The molecule has 3 rings (SSSR count). The van der Waals surface area contributed by atoms with Gasteiger partial charge in [-0.3, -0.25) is 4.79 Å². The van der Waals surface area contributed by atoms with Crippen LogP contribution in [-0.2, 0) is 17.6 Å². The van der Waals surface area contributed by atoms with Crippen molar-refractivity contribution in [3.8, 4) is 29.1 Å². The van der Waals surface area contributed by atoms with E-state index in [-0.39, 0.29) is 12.7 Å². The third-order valence-electron chi connectivity index (χ3n) is 5.33. The molecule has 30 heavy (non-hydrogen) atoms. The summed E-state index contributed by atoms with van der Waals surface area (Å²) in [6.07, 6.45) is 1.06. The number of rotatable bonds is 8. The summed E-state index contributed by atoms with van der Waals surface area (Å²) in [5.74, 6) is 2.11. The van der Waals surface area contributed by atoms with E-state index in [1.807, 2.05) is 30.3 Å². The number of ether oxygens (including phenoxy) is 4. The number of amides is 1. The number of nitriles is 1. The standard InChI is InChI=1S/C23H26N2O5/c1-15(26)25(2)9-8-16-11-21-22(30-14-29-21)12-19(16)18(13-24)10-17-6-5-7-20(27-3)23(17)28-4/h5-7,11-12,18H,8-10,14H2,1-4H3. The van der Waals surface area contributed by atoms with Crippen LogP contribution in [0.25, 0.3) is 0 Å². The molecule has 0 saturated carbocycles. The molecule has 0 N–H and O–H groups in total. The van der Waals surface area contributed by atoms with Gasteiger partial charge in [-0.2, -0.15) is 5.26 Å². The molecule has 2 aromatic carbocycles. The molecule has 1 amide bonds. The summed E-state index contributed by atoms with van der Waals surface area (Å²) in [7, 11) is 4.94. The molecule has 1 aliphatic heterocycles. The fourth-order valence-corrected chi connectivity index (χ4v) is 3.55. The predicted molar refractivity (Wildman–Crippen MR) is 111 cm³/mol. The summed E-state index contributed by atoms with van der Waals surface area (Å²) in [6.45, 7) is 2.24. The molecular weight excluding hydrogens is 384 g/mol. The molecule has 158 valence electrons.